The third kappa shape index (κ3) is 2.58. The Bertz CT molecular complexity index is 504. The molecule has 0 aromatic heterocycles. The summed E-state index contributed by atoms with van der Waals surface area (Å²) in [5, 5.41) is 3.28. The van der Waals surface area contributed by atoms with E-state index in [2.05, 4.69) is 17.4 Å². The van der Waals surface area contributed by atoms with E-state index >= 15 is 0 Å². The fourth-order valence-electron chi connectivity index (χ4n) is 2.84. The van der Waals surface area contributed by atoms with Crippen LogP contribution in [0.25, 0.3) is 0 Å². The second-order valence-electron chi connectivity index (χ2n) is 6.08. The van der Waals surface area contributed by atoms with Crippen LogP contribution in [0.5, 0.6) is 0 Å². The summed E-state index contributed by atoms with van der Waals surface area (Å²) >= 11 is 0. The minimum Gasteiger partial charge on any atom is -0.340 e. The number of hydrogen-bond donors (Lipinski definition) is 2. The normalized spacial score (nSPS) is 22.4. The molecule has 1 saturated heterocycles. The maximum atomic E-state index is 12.5. The second kappa shape index (κ2) is 5.19. The minimum absolute atomic E-state index is 0.0876. The molecule has 2 aliphatic rings. The lowest BCUT2D eigenvalue weighted by molar-refractivity contribution is -0.133. The molecule has 1 unspecified atom stereocenters. The molecule has 2 fully saturated rings. The lowest BCUT2D eigenvalue weighted by Crippen LogP contribution is -2.47. The highest BCUT2D eigenvalue weighted by molar-refractivity contribution is 5.83. The van der Waals surface area contributed by atoms with Gasteiger partial charge in [0.15, 0.2) is 0 Å². The van der Waals surface area contributed by atoms with Gasteiger partial charge in [0, 0.05) is 31.7 Å². The first-order valence-corrected chi connectivity index (χ1v) is 7.49. The maximum absolute atomic E-state index is 12.5. The predicted octanol–water partition coefficient (Wildman–Crippen LogP) is 1.17. The van der Waals surface area contributed by atoms with Crippen molar-refractivity contribution < 1.29 is 4.79 Å². The Kier molecular flexibility index (Phi) is 3.52. The quantitative estimate of drug-likeness (QED) is 0.869. The molecule has 1 aromatic rings. The van der Waals surface area contributed by atoms with Gasteiger partial charge in [-0.05, 0) is 30.9 Å². The van der Waals surface area contributed by atoms with Gasteiger partial charge in [0.25, 0.3) is 0 Å². The van der Waals surface area contributed by atoms with Gasteiger partial charge in [-0.15, -0.1) is 0 Å². The van der Waals surface area contributed by atoms with Crippen LogP contribution in [0.4, 0.5) is 0 Å². The van der Waals surface area contributed by atoms with Gasteiger partial charge in [-0.1, -0.05) is 24.3 Å². The average Bonchev–Trinajstić information content (AvgIpc) is 3.26. The van der Waals surface area contributed by atoms with E-state index in [1.165, 1.54) is 5.56 Å². The highest BCUT2D eigenvalue weighted by Crippen LogP contribution is 2.43. The van der Waals surface area contributed by atoms with Gasteiger partial charge < -0.3 is 16.0 Å². The van der Waals surface area contributed by atoms with Gasteiger partial charge in [-0.25, -0.2) is 0 Å². The highest BCUT2D eigenvalue weighted by Gasteiger charge is 2.40. The van der Waals surface area contributed by atoms with E-state index < -0.39 is 0 Å². The summed E-state index contributed by atoms with van der Waals surface area (Å²) in [4.78, 5) is 14.5. The van der Waals surface area contributed by atoms with E-state index in [1.807, 2.05) is 24.0 Å². The Hall–Kier alpha value is -1.39. The number of hydrogen-bond acceptors (Lipinski definition) is 3. The highest BCUT2D eigenvalue weighted by atomic mass is 16.2. The summed E-state index contributed by atoms with van der Waals surface area (Å²) in [5.41, 5.74) is 8.38. The number of nitrogens with zero attached hydrogens (tertiary/aromatic N) is 1. The first-order valence-electron chi connectivity index (χ1n) is 7.49. The third-order valence-corrected chi connectivity index (χ3v) is 4.55. The van der Waals surface area contributed by atoms with Crippen molar-refractivity contribution in [2.75, 3.05) is 26.2 Å². The van der Waals surface area contributed by atoms with Crippen molar-refractivity contribution in [3.05, 3.63) is 35.4 Å². The number of nitrogens with two attached hydrogens (primary N) is 1. The second-order valence-corrected chi connectivity index (χ2v) is 6.08. The van der Waals surface area contributed by atoms with Crippen LogP contribution in [0.2, 0.25) is 0 Å². The molecule has 1 saturated carbocycles. The van der Waals surface area contributed by atoms with Crippen LogP contribution in [-0.4, -0.2) is 37.0 Å². The number of nitrogens with one attached hydrogen (secondary N) is 1. The van der Waals surface area contributed by atoms with Gasteiger partial charge in [0.2, 0.25) is 5.91 Å². The van der Waals surface area contributed by atoms with Crippen LogP contribution in [0.15, 0.2) is 24.3 Å². The standard InChI is InChI=1S/C16H23N3O/c1-12(15(20)19-9-7-18-8-10-19)13-3-2-4-14(11-13)16(17)5-6-16/h2-4,11-12,18H,5-10,17H2,1H3. The molecule has 1 aliphatic carbocycles. The van der Waals surface area contributed by atoms with Crippen LogP contribution in [-0.2, 0) is 10.3 Å². The van der Waals surface area contributed by atoms with Crippen LogP contribution in [0, 0.1) is 0 Å². The molecular weight excluding hydrogens is 250 g/mol. The Morgan fingerprint density at radius 2 is 2.05 bits per heavy atom. The molecule has 1 aromatic carbocycles. The summed E-state index contributed by atoms with van der Waals surface area (Å²) in [6.07, 6.45) is 2.10. The van der Waals surface area contributed by atoms with Gasteiger partial charge in [-0.3, -0.25) is 4.79 Å². The van der Waals surface area contributed by atoms with Crippen molar-refractivity contribution in [2.45, 2.75) is 31.2 Å². The predicted molar refractivity (Wildman–Crippen MR) is 79.4 cm³/mol. The summed E-state index contributed by atoms with van der Waals surface area (Å²) in [7, 11) is 0. The molecular formula is C16H23N3O. The zero-order chi connectivity index (χ0) is 14.2. The topological polar surface area (TPSA) is 58.4 Å². The van der Waals surface area contributed by atoms with E-state index in [9.17, 15) is 4.79 Å². The minimum atomic E-state index is -0.131. The van der Waals surface area contributed by atoms with Crippen molar-refractivity contribution in [2.24, 2.45) is 5.73 Å². The molecule has 1 atom stereocenters. The molecule has 20 heavy (non-hydrogen) atoms. The van der Waals surface area contributed by atoms with Gasteiger partial charge in [-0.2, -0.15) is 0 Å². The molecule has 3 rings (SSSR count). The van der Waals surface area contributed by atoms with E-state index in [1.54, 1.807) is 0 Å². The van der Waals surface area contributed by atoms with E-state index in [0.717, 1.165) is 44.6 Å². The van der Waals surface area contributed by atoms with E-state index in [4.69, 9.17) is 5.73 Å². The molecule has 4 heteroatoms. The van der Waals surface area contributed by atoms with Crippen molar-refractivity contribution in [3.8, 4) is 0 Å². The summed E-state index contributed by atoms with van der Waals surface area (Å²) < 4.78 is 0. The number of carbonyl (C=O) groups is 1. The zero-order valence-corrected chi connectivity index (χ0v) is 12.1. The average molecular weight is 273 g/mol. The number of rotatable bonds is 3. The zero-order valence-electron chi connectivity index (χ0n) is 12.1. The maximum Gasteiger partial charge on any atom is 0.229 e. The smallest absolute Gasteiger partial charge is 0.229 e. The first kappa shape index (κ1) is 13.6. The molecule has 108 valence electrons. The number of piperazine rings is 1. The van der Waals surface area contributed by atoms with Crippen LogP contribution in [0.3, 0.4) is 0 Å². The Morgan fingerprint density at radius 1 is 1.35 bits per heavy atom. The molecule has 1 amide bonds. The largest absolute Gasteiger partial charge is 0.340 e. The molecule has 1 aliphatic heterocycles. The number of amides is 1. The van der Waals surface area contributed by atoms with Crippen molar-refractivity contribution in [1.29, 1.82) is 0 Å². The van der Waals surface area contributed by atoms with Crippen LogP contribution < -0.4 is 11.1 Å². The van der Waals surface area contributed by atoms with E-state index in [0.29, 0.717) is 0 Å². The fraction of sp³-hybridized carbons (Fsp3) is 0.562. The van der Waals surface area contributed by atoms with Gasteiger partial charge in [0.1, 0.15) is 0 Å². The molecule has 1 heterocycles. The summed E-state index contributed by atoms with van der Waals surface area (Å²) in [6, 6.07) is 8.27. The molecule has 4 nitrogen and oxygen atoms in total. The Morgan fingerprint density at radius 3 is 2.70 bits per heavy atom. The van der Waals surface area contributed by atoms with Gasteiger partial charge in [0.05, 0.1) is 5.92 Å². The Balaban J connectivity index is 1.76. The summed E-state index contributed by atoms with van der Waals surface area (Å²) in [5.74, 6) is 0.140. The fourth-order valence-corrected chi connectivity index (χ4v) is 2.84. The lowest BCUT2D eigenvalue weighted by Gasteiger charge is -2.30. The monoisotopic (exact) mass is 273 g/mol. The third-order valence-electron chi connectivity index (χ3n) is 4.55. The Labute approximate surface area is 120 Å². The van der Waals surface area contributed by atoms with Crippen molar-refractivity contribution in [1.82, 2.24) is 10.2 Å². The van der Waals surface area contributed by atoms with Gasteiger partial charge >= 0.3 is 0 Å². The molecule has 3 N–H and O–H groups in total. The van der Waals surface area contributed by atoms with Crippen LogP contribution in [0.1, 0.15) is 36.8 Å². The lowest BCUT2D eigenvalue weighted by atomic mass is 9.94. The first-order chi connectivity index (χ1) is 9.60. The molecule has 0 bridgehead atoms. The number of carbonyl (C=O) groups excluding carboxylic acids is 1. The molecule has 0 spiro atoms. The van der Waals surface area contributed by atoms with Crippen LogP contribution >= 0.6 is 0 Å². The van der Waals surface area contributed by atoms with E-state index in [-0.39, 0.29) is 17.4 Å². The van der Waals surface area contributed by atoms with Crippen molar-refractivity contribution >= 4 is 5.91 Å². The summed E-state index contributed by atoms with van der Waals surface area (Å²) in [6.45, 7) is 5.40. The SMILES string of the molecule is CC(C(=O)N1CCNCC1)c1cccc(C2(N)CC2)c1. The number of benzene rings is 1. The van der Waals surface area contributed by atoms with Crippen molar-refractivity contribution in [3.63, 3.8) is 0 Å². The molecule has 0 radical (unpaired) electrons.